The minimum atomic E-state index is -0.129. The molecule has 0 amide bonds. The first kappa shape index (κ1) is 10.5. The Labute approximate surface area is 79.0 Å². The van der Waals surface area contributed by atoms with Crippen molar-refractivity contribution < 1.29 is 9.84 Å². The third-order valence-corrected chi connectivity index (χ3v) is 2.25. The van der Waals surface area contributed by atoms with Crippen molar-refractivity contribution in [3.8, 4) is 0 Å². The molecule has 13 heavy (non-hydrogen) atoms. The molecule has 4 heteroatoms. The van der Waals surface area contributed by atoms with E-state index in [1.54, 1.807) is 0 Å². The number of amidine groups is 1. The highest BCUT2D eigenvalue weighted by Crippen LogP contribution is 2.11. The molecule has 1 heterocycles. The van der Waals surface area contributed by atoms with E-state index in [0.717, 1.165) is 13.0 Å². The zero-order chi connectivity index (χ0) is 9.84. The van der Waals surface area contributed by atoms with Crippen LogP contribution in [0.3, 0.4) is 0 Å². The van der Waals surface area contributed by atoms with E-state index in [2.05, 4.69) is 0 Å². The third kappa shape index (κ3) is 2.67. The van der Waals surface area contributed by atoms with Gasteiger partial charge in [0.05, 0.1) is 24.7 Å². The molecule has 0 radical (unpaired) electrons. The monoisotopic (exact) mass is 186 g/mol. The van der Waals surface area contributed by atoms with Crippen molar-refractivity contribution in [1.82, 2.24) is 4.90 Å². The summed E-state index contributed by atoms with van der Waals surface area (Å²) in [5, 5.41) is 16.6. The molecule has 2 atom stereocenters. The Bertz CT molecular complexity index is 184. The van der Waals surface area contributed by atoms with Gasteiger partial charge in [0, 0.05) is 19.5 Å². The lowest BCUT2D eigenvalue weighted by atomic mass is 10.2. The van der Waals surface area contributed by atoms with Crippen LogP contribution in [0.25, 0.3) is 0 Å². The van der Waals surface area contributed by atoms with E-state index in [4.69, 9.17) is 15.3 Å². The number of ether oxygens (including phenoxy) is 1. The summed E-state index contributed by atoms with van der Waals surface area (Å²) in [5.41, 5.74) is 0. The second kappa shape index (κ2) is 4.58. The Morgan fingerprint density at radius 1 is 1.62 bits per heavy atom. The summed E-state index contributed by atoms with van der Waals surface area (Å²) >= 11 is 0. The normalized spacial score (nSPS) is 29.0. The average molecular weight is 186 g/mol. The Balaban J connectivity index is 2.51. The van der Waals surface area contributed by atoms with Gasteiger partial charge in [-0.25, -0.2) is 0 Å². The molecule has 0 aromatic heterocycles. The van der Waals surface area contributed by atoms with Crippen molar-refractivity contribution >= 4 is 5.84 Å². The number of rotatable bonds is 2. The summed E-state index contributed by atoms with van der Waals surface area (Å²) < 4.78 is 5.47. The minimum Gasteiger partial charge on any atom is -0.394 e. The van der Waals surface area contributed by atoms with E-state index in [0.29, 0.717) is 12.4 Å². The second-order valence-electron chi connectivity index (χ2n) is 3.46. The van der Waals surface area contributed by atoms with Crippen LogP contribution in [0.4, 0.5) is 0 Å². The standard InChI is InChI=1S/C9H18N2O2/c1-3-9(10)11-4-7(2)13-8(5-11)6-12/h7-8,10,12H,3-6H2,1-2H3. The van der Waals surface area contributed by atoms with Crippen LogP contribution < -0.4 is 0 Å². The van der Waals surface area contributed by atoms with Crippen LogP contribution >= 0.6 is 0 Å². The molecular weight excluding hydrogens is 168 g/mol. The highest BCUT2D eigenvalue weighted by atomic mass is 16.5. The van der Waals surface area contributed by atoms with E-state index >= 15 is 0 Å². The Morgan fingerprint density at radius 2 is 2.31 bits per heavy atom. The molecule has 0 spiro atoms. The minimum absolute atomic E-state index is 0.0395. The van der Waals surface area contributed by atoms with Crippen LogP contribution in [0.2, 0.25) is 0 Å². The van der Waals surface area contributed by atoms with Crippen LogP contribution in [0, 0.1) is 5.41 Å². The number of hydrogen-bond acceptors (Lipinski definition) is 3. The van der Waals surface area contributed by atoms with Crippen molar-refractivity contribution in [1.29, 1.82) is 5.41 Å². The topological polar surface area (TPSA) is 56.6 Å². The van der Waals surface area contributed by atoms with Gasteiger partial charge in [-0.2, -0.15) is 0 Å². The molecule has 0 bridgehead atoms. The Hall–Kier alpha value is -0.610. The molecular formula is C9H18N2O2. The molecule has 0 saturated carbocycles. The summed E-state index contributed by atoms with van der Waals surface area (Å²) in [7, 11) is 0. The molecule has 2 N–H and O–H groups in total. The average Bonchev–Trinajstić information content (AvgIpc) is 2.15. The zero-order valence-electron chi connectivity index (χ0n) is 8.29. The Morgan fingerprint density at radius 3 is 2.85 bits per heavy atom. The summed E-state index contributed by atoms with van der Waals surface area (Å²) in [6, 6.07) is 0. The van der Waals surface area contributed by atoms with Crippen molar-refractivity contribution in [2.24, 2.45) is 0 Å². The molecule has 0 aliphatic carbocycles. The largest absolute Gasteiger partial charge is 0.394 e. The van der Waals surface area contributed by atoms with Crippen LogP contribution in [0.5, 0.6) is 0 Å². The molecule has 1 aliphatic rings. The first-order valence-electron chi connectivity index (χ1n) is 4.76. The summed E-state index contributed by atoms with van der Waals surface area (Å²) in [6.07, 6.45) is 0.721. The molecule has 1 saturated heterocycles. The number of hydrogen-bond donors (Lipinski definition) is 2. The molecule has 0 aromatic carbocycles. The highest BCUT2D eigenvalue weighted by Gasteiger charge is 2.25. The molecule has 1 aliphatic heterocycles. The fraction of sp³-hybridized carbons (Fsp3) is 0.889. The maximum atomic E-state index is 8.96. The molecule has 2 unspecified atom stereocenters. The summed E-state index contributed by atoms with van der Waals surface area (Å²) in [5.74, 6) is 0.633. The van der Waals surface area contributed by atoms with Crippen LogP contribution in [-0.4, -0.2) is 47.7 Å². The van der Waals surface area contributed by atoms with E-state index in [9.17, 15) is 0 Å². The zero-order valence-corrected chi connectivity index (χ0v) is 8.29. The molecule has 1 fully saturated rings. The van der Waals surface area contributed by atoms with Crippen molar-refractivity contribution in [2.45, 2.75) is 32.5 Å². The predicted octanol–water partition coefficient (Wildman–Crippen LogP) is 0.455. The quantitative estimate of drug-likeness (QED) is 0.486. The number of aliphatic hydroxyl groups is 1. The predicted molar refractivity (Wildman–Crippen MR) is 51.0 cm³/mol. The van der Waals surface area contributed by atoms with E-state index in [1.807, 2.05) is 18.7 Å². The smallest absolute Gasteiger partial charge is 0.0984 e. The summed E-state index contributed by atoms with van der Waals surface area (Å²) in [4.78, 5) is 1.98. The number of aliphatic hydroxyl groups excluding tert-OH is 1. The van der Waals surface area contributed by atoms with Gasteiger partial charge in [-0.05, 0) is 6.92 Å². The second-order valence-corrected chi connectivity index (χ2v) is 3.46. The molecule has 0 aromatic rings. The van der Waals surface area contributed by atoms with Crippen molar-refractivity contribution in [3.63, 3.8) is 0 Å². The Kier molecular flexibility index (Phi) is 3.69. The van der Waals surface area contributed by atoms with E-state index < -0.39 is 0 Å². The van der Waals surface area contributed by atoms with Crippen LogP contribution in [0.1, 0.15) is 20.3 Å². The maximum Gasteiger partial charge on any atom is 0.0984 e. The third-order valence-electron chi connectivity index (χ3n) is 2.25. The fourth-order valence-corrected chi connectivity index (χ4v) is 1.59. The van der Waals surface area contributed by atoms with Gasteiger partial charge in [0.15, 0.2) is 0 Å². The van der Waals surface area contributed by atoms with E-state index in [1.165, 1.54) is 0 Å². The maximum absolute atomic E-state index is 8.96. The lowest BCUT2D eigenvalue weighted by molar-refractivity contribution is -0.0790. The van der Waals surface area contributed by atoms with Crippen molar-refractivity contribution in [2.75, 3.05) is 19.7 Å². The lowest BCUT2D eigenvalue weighted by Gasteiger charge is -2.37. The van der Waals surface area contributed by atoms with Gasteiger partial charge in [-0.1, -0.05) is 6.92 Å². The number of nitrogens with one attached hydrogen (secondary N) is 1. The number of nitrogens with zero attached hydrogens (tertiary/aromatic N) is 1. The van der Waals surface area contributed by atoms with Gasteiger partial charge >= 0.3 is 0 Å². The van der Waals surface area contributed by atoms with Gasteiger partial charge in [0.2, 0.25) is 0 Å². The van der Waals surface area contributed by atoms with Gasteiger partial charge in [-0.15, -0.1) is 0 Å². The first-order valence-corrected chi connectivity index (χ1v) is 4.76. The molecule has 4 nitrogen and oxygen atoms in total. The molecule has 76 valence electrons. The molecule has 1 rings (SSSR count). The van der Waals surface area contributed by atoms with Gasteiger partial charge in [-0.3, -0.25) is 5.41 Å². The van der Waals surface area contributed by atoms with Crippen LogP contribution in [0.15, 0.2) is 0 Å². The van der Waals surface area contributed by atoms with Crippen molar-refractivity contribution in [3.05, 3.63) is 0 Å². The summed E-state index contributed by atoms with van der Waals surface area (Å²) in [6.45, 7) is 5.39. The van der Waals surface area contributed by atoms with Crippen LogP contribution in [-0.2, 0) is 4.74 Å². The van der Waals surface area contributed by atoms with E-state index in [-0.39, 0.29) is 18.8 Å². The van der Waals surface area contributed by atoms with Gasteiger partial charge in [0.25, 0.3) is 0 Å². The number of morpholine rings is 1. The fourth-order valence-electron chi connectivity index (χ4n) is 1.59. The lowest BCUT2D eigenvalue weighted by Crippen LogP contribution is -2.49. The highest BCUT2D eigenvalue weighted by molar-refractivity contribution is 5.78. The van der Waals surface area contributed by atoms with Gasteiger partial charge < -0.3 is 14.7 Å². The first-order chi connectivity index (χ1) is 6.17. The SMILES string of the molecule is CCC(=N)N1CC(C)OC(CO)C1. The van der Waals surface area contributed by atoms with Gasteiger partial charge in [0.1, 0.15) is 0 Å².